The zero-order chi connectivity index (χ0) is 20.3. The molecule has 1 spiro atoms. The molecule has 1 saturated heterocycles. The first kappa shape index (κ1) is 17.6. The maximum absolute atomic E-state index is 13.8. The Labute approximate surface area is 174 Å². The highest BCUT2D eigenvalue weighted by molar-refractivity contribution is 6.26. The summed E-state index contributed by atoms with van der Waals surface area (Å²) in [4.78, 5) is 42.2. The Morgan fingerprint density at radius 1 is 1.10 bits per heavy atom. The number of aromatic nitrogens is 3. The molecule has 0 unspecified atom stereocenters. The number of benzene rings is 1. The van der Waals surface area contributed by atoms with Gasteiger partial charge in [0.15, 0.2) is 0 Å². The lowest BCUT2D eigenvalue weighted by Gasteiger charge is -2.52. The molecule has 3 aromatic rings. The van der Waals surface area contributed by atoms with Crippen LogP contribution in [0.1, 0.15) is 37.9 Å². The first-order chi connectivity index (χ1) is 14.7. The number of H-pyrrole nitrogens is 1. The third kappa shape index (κ3) is 2.38. The minimum absolute atomic E-state index is 0.118. The average Bonchev–Trinajstić information content (AvgIpc) is 3.27. The number of imidazole rings is 1. The van der Waals surface area contributed by atoms with Crippen molar-refractivity contribution in [1.29, 1.82) is 0 Å². The number of rotatable bonds is 4. The highest BCUT2D eigenvalue weighted by Gasteiger charge is 2.65. The summed E-state index contributed by atoms with van der Waals surface area (Å²) in [7, 11) is 0. The van der Waals surface area contributed by atoms with Crippen LogP contribution in [0, 0.1) is 11.8 Å². The van der Waals surface area contributed by atoms with Gasteiger partial charge in [-0.05, 0) is 24.7 Å². The van der Waals surface area contributed by atoms with Crippen LogP contribution < -0.4 is 4.90 Å². The molecule has 3 aliphatic rings. The average molecular weight is 401 g/mol. The van der Waals surface area contributed by atoms with Crippen LogP contribution in [0.5, 0.6) is 0 Å². The number of carbonyl (C=O) groups excluding carboxylic acids is 2. The minimum atomic E-state index is -0.763. The van der Waals surface area contributed by atoms with Crippen molar-refractivity contribution in [2.75, 3.05) is 4.90 Å². The fourth-order valence-electron chi connectivity index (χ4n) is 5.41. The van der Waals surface area contributed by atoms with Crippen LogP contribution in [-0.2, 0) is 11.3 Å². The molecule has 1 aliphatic heterocycles. The quantitative estimate of drug-likeness (QED) is 0.673. The van der Waals surface area contributed by atoms with Crippen molar-refractivity contribution >= 4 is 28.4 Å². The zero-order valence-corrected chi connectivity index (χ0v) is 16.6. The van der Waals surface area contributed by atoms with Crippen molar-refractivity contribution in [3.63, 3.8) is 0 Å². The van der Waals surface area contributed by atoms with Gasteiger partial charge in [0.1, 0.15) is 11.4 Å². The standard InChI is InChI=1S/C23H23N5O2/c29-21-23(10-17(11-23)15-5-3-6-15)27(14-20-25-8-9-26-20)22(30)28(21)19-13-24-12-16-4-1-2-7-18(16)19/h1-2,4,7-9,12-13,15,17H,3,5-6,10-11,14H2,(H,25,26). The van der Waals surface area contributed by atoms with E-state index in [1.54, 1.807) is 29.7 Å². The number of hydrogen-bond acceptors (Lipinski definition) is 4. The van der Waals surface area contributed by atoms with Crippen molar-refractivity contribution in [1.82, 2.24) is 19.9 Å². The normalized spacial score (nSPS) is 26.5. The number of nitrogens with one attached hydrogen (secondary N) is 1. The second-order valence-electron chi connectivity index (χ2n) is 8.82. The number of hydrogen-bond donors (Lipinski definition) is 1. The van der Waals surface area contributed by atoms with E-state index in [-0.39, 0.29) is 11.9 Å². The van der Waals surface area contributed by atoms with Crippen molar-refractivity contribution in [3.8, 4) is 0 Å². The maximum Gasteiger partial charge on any atom is 0.332 e. The molecule has 3 amide bonds. The van der Waals surface area contributed by atoms with Gasteiger partial charge in [0.2, 0.25) is 0 Å². The Kier molecular flexibility index (Phi) is 3.75. The van der Waals surface area contributed by atoms with E-state index in [1.165, 1.54) is 24.2 Å². The molecule has 30 heavy (non-hydrogen) atoms. The van der Waals surface area contributed by atoms with Gasteiger partial charge in [-0.3, -0.25) is 9.78 Å². The van der Waals surface area contributed by atoms with E-state index in [9.17, 15) is 9.59 Å². The van der Waals surface area contributed by atoms with Crippen molar-refractivity contribution < 1.29 is 9.59 Å². The van der Waals surface area contributed by atoms with Crippen LogP contribution in [0.3, 0.4) is 0 Å². The maximum atomic E-state index is 13.8. The van der Waals surface area contributed by atoms with Crippen LogP contribution in [0.2, 0.25) is 0 Å². The van der Waals surface area contributed by atoms with Gasteiger partial charge in [-0.25, -0.2) is 14.7 Å². The summed E-state index contributed by atoms with van der Waals surface area (Å²) in [6, 6.07) is 7.46. The number of anilines is 1. The molecule has 1 aromatic carbocycles. The summed E-state index contributed by atoms with van der Waals surface area (Å²) in [6.45, 7) is 0.309. The highest BCUT2D eigenvalue weighted by atomic mass is 16.2. The monoisotopic (exact) mass is 401 g/mol. The van der Waals surface area contributed by atoms with Crippen LogP contribution >= 0.6 is 0 Å². The van der Waals surface area contributed by atoms with Crippen molar-refractivity contribution in [2.45, 2.75) is 44.2 Å². The Morgan fingerprint density at radius 2 is 1.93 bits per heavy atom. The lowest BCUT2D eigenvalue weighted by Crippen LogP contribution is -2.60. The van der Waals surface area contributed by atoms with Crippen molar-refractivity contribution in [3.05, 3.63) is 54.9 Å². The topological polar surface area (TPSA) is 82.2 Å². The van der Waals surface area contributed by atoms with E-state index in [1.807, 2.05) is 24.3 Å². The van der Waals surface area contributed by atoms with Gasteiger partial charge in [0, 0.05) is 29.4 Å². The number of fused-ring (bicyclic) bond motifs is 1. The largest absolute Gasteiger partial charge is 0.347 e. The zero-order valence-electron chi connectivity index (χ0n) is 16.6. The van der Waals surface area contributed by atoms with E-state index < -0.39 is 5.54 Å². The fourth-order valence-corrected chi connectivity index (χ4v) is 5.41. The van der Waals surface area contributed by atoms with E-state index in [0.717, 1.165) is 23.6 Å². The van der Waals surface area contributed by atoms with Gasteiger partial charge >= 0.3 is 6.03 Å². The molecule has 3 fully saturated rings. The molecular weight excluding hydrogens is 378 g/mol. The highest BCUT2D eigenvalue weighted by Crippen LogP contribution is 2.55. The van der Waals surface area contributed by atoms with Crippen LogP contribution in [0.4, 0.5) is 10.5 Å². The molecule has 3 heterocycles. The molecule has 7 heteroatoms. The molecule has 2 aromatic heterocycles. The molecule has 152 valence electrons. The molecule has 2 aliphatic carbocycles. The lowest BCUT2D eigenvalue weighted by atomic mass is 9.58. The summed E-state index contributed by atoms with van der Waals surface area (Å²) in [5.74, 6) is 1.81. The molecule has 1 N–H and O–H groups in total. The third-order valence-electron chi connectivity index (χ3n) is 7.31. The summed E-state index contributed by atoms with van der Waals surface area (Å²) in [5.41, 5.74) is -0.197. The molecule has 2 saturated carbocycles. The lowest BCUT2D eigenvalue weighted by molar-refractivity contribution is -0.135. The Balaban J connectivity index is 1.41. The Morgan fingerprint density at radius 3 is 2.67 bits per heavy atom. The van der Waals surface area contributed by atoms with Gasteiger partial charge in [-0.1, -0.05) is 43.5 Å². The Hall–Kier alpha value is -3.22. The molecule has 7 nitrogen and oxygen atoms in total. The minimum Gasteiger partial charge on any atom is -0.347 e. The first-order valence-electron chi connectivity index (χ1n) is 10.6. The third-order valence-corrected chi connectivity index (χ3v) is 7.31. The number of nitrogens with zero attached hydrogens (tertiary/aromatic N) is 4. The number of aromatic amines is 1. The summed E-state index contributed by atoms with van der Waals surface area (Å²) >= 11 is 0. The summed E-state index contributed by atoms with van der Waals surface area (Å²) < 4.78 is 0. The SMILES string of the molecule is O=C1N(c2cncc3ccccc23)C(=O)C2(CC(C3CCC3)C2)N1Cc1ncc[nH]1. The van der Waals surface area contributed by atoms with Crippen LogP contribution in [-0.4, -0.2) is 37.3 Å². The molecule has 0 atom stereocenters. The number of imide groups is 1. The van der Waals surface area contributed by atoms with Crippen LogP contribution in [0.25, 0.3) is 10.8 Å². The fraction of sp³-hybridized carbons (Fsp3) is 0.391. The van der Waals surface area contributed by atoms with Gasteiger partial charge in [0.25, 0.3) is 5.91 Å². The van der Waals surface area contributed by atoms with E-state index >= 15 is 0 Å². The summed E-state index contributed by atoms with van der Waals surface area (Å²) in [6.07, 6.45) is 12.1. The predicted molar refractivity (Wildman–Crippen MR) is 112 cm³/mol. The molecule has 6 rings (SSSR count). The number of urea groups is 1. The van der Waals surface area contributed by atoms with Crippen LogP contribution in [0.15, 0.2) is 49.1 Å². The van der Waals surface area contributed by atoms with Crippen molar-refractivity contribution in [2.24, 2.45) is 11.8 Å². The van der Waals surface area contributed by atoms with E-state index in [2.05, 4.69) is 15.0 Å². The molecule has 0 radical (unpaired) electrons. The summed E-state index contributed by atoms with van der Waals surface area (Å²) in [5, 5.41) is 1.77. The second kappa shape index (κ2) is 6.39. The van der Waals surface area contributed by atoms with E-state index in [0.29, 0.717) is 29.9 Å². The molecular formula is C23H23N5O2. The molecule has 0 bridgehead atoms. The van der Waals surface area contributed by atoms with Gasteiger partial charge in [0.05, 0.1) is 18.4 Å². The predicted octanol–water partition coefficient (Wildman–Crippen LogP) is 3.88. The van der Waals surface area contributed by atoms with Gasteiger partial charge in [-0.15, -0.1) is 0 Å². The number of carbonyl (C=O) groups is 2. The number of amides is 3. The first-order valence-corrected chi connectivity index (χ1v) is 10.6. The van der Waals surface area contributed by atoms with E-state index in [4.69, 9.17) is 0 Å². The smallest absolute Gasteiger partial charge is 0.332 e. The van der Waals surface area contributed by atoms with Gasteiger partial charge in [-0.2, -0.15) is 0 Å². The number of pyridine rings is 1. The second-order valence-corrected chi connectivity index (χ2v) is 8.82. The van der Waals surface area contributed by atoms with Gasteiger partial charge < -0.3 is 9.88 Å². The Bertz CT molecular complexity index is 1130.